The zero-order valence-electron chi connectivity index (χ0n) is 18.2. The van der Waals surface area contributed by atoms with Gasteiger partial charge in [-0.3, -0.25) is 4.79 Å². The lowest BCUT2D eigenvalue weighted by Crippen LogP contribution is -2.31. The van der Waals surface area contributed by atoms with Crippen molar-refractivity contribution in [2.24, 2.45) is 0 Å². The number of carbonyl (C=O) groups is 1. The molecular weight excluding hydrogens is 412 g/mol. The zero-order chi connectivity index (χ0) is 22.7. The number of fused-ring (bicyclic) bond motifs is 3. The highest BCUT2D eigenvalue weighted by Gasteiger charge is 2.44. The standard InChI is InChI=1S/C24H24N2O4S/c1-6-30-20-12-18-17(11-21(20)31(28,29)26(4)5)23(27)22-16-8-7-14(13-25)9-15(16)10-19(22)24(18,2)3/h7-9,11-12H,6,10H2,1-5H3. The maximum atomic E-state index is 13.6. The Morgan fingerprint density at radius 3 is 2.48 bits per heavy atom. The van der Waals surface area contributed by atoms with E-state index in [1.165, 1.54) is 20.2 Å². The molecule has 160 valence electrons. The van der Waals surface area contributed by atoms with Crippen LogP contribution in [-0.4, -0.2) is 39.2 Å². The van der Waals surface area contributed by atoms with Gasteiger partial charge in [-0.1, -0.05) is 19.9 Å². The highest BCUT2D eigenvalue weighted by Crippen LogP contribution is 2.51. The van der Waals surface area contributed by atoms with Gasteiger partial charge in [0.15, 0.2) is 5.78 Å². The van der Waals surface area contributed by atoms with Gasteiger partial charge < -0.3 is 4.74 Å². The number of ketones is 1. The van der Waals surface area contributed by atoms with Gasteiger partial charge in [-0.05, 0) is 59.9 Å². The van der Waals surface area contributed by atoms with Gasteiger partial charge in [0.05, 0.1) is 18.2 Å². The molecule has 0 N–H and O–H groups in total. The molecule has 2 aromatic rings. The molecule has 2 aliphatic carbocycles. The summed E-state index contributed by atoms with van der Waals surface area (Å²) in [7, 11) is -0.901. The van der Waals surface area contributed by atoms with Crippen LogP contribution in [0.25, 0.3) is 5.57 Å². The molecule has 0 radical (unpaired) electrons. The van der Waals surface area contributed by atoms with Crippen molar-refractivity contribution in [3.63, 3.8) is 0 Å². The average Bonchev–Trinajstić information content (AvgIpc) is 3.12. The number of hydrogen-bond donors (Lipinski definition) is 0. The Morgan fingerprint density at radius 1 is 1.16 bits per heavy atom. The summed E-state index contributed by atoms with van der Waals surface area (Å²) in [6, 6.07) is 10.7. The van der Waals surface area contributed by atoms with Crippen LogP contribution in [0, 0.1) is 11.3 Å². The van der Waals surface area contributed by atoms with Gasteiger partial charge in [-0.15, -0.1) is 0 Å². The largest absolute Gasteiger partial charge is 0.492 e. The molecule has 7 heteroatoms. The van der Waals surface area contributed by atoms with Crippen molar-refractivity contribution in [1.29, 1.82) is 5.26 Å². The van der Waals surface area contributed by atoms with Crippen molar-refractivity contribution in [2.75, 3.05) is 20.7 Å². The predicted octanol–water partition coefficient (Wildman–Crippen LogP) is 3.69. The number of benzene rings is 2. The number of carbonyl (C=O) groups excluding carboxylic acids is 1. The number of Topliss-reactive ketones (excluding diaryl/α,β-unsaturated/α-hetero) is 1. The van der Waals surface area contributed by atoms with Crippen LogP contribution in [0.3, 0.4) is 0 Å². The lowest BCUT2D eigenvalue weighted by molar-refractivity contribution is 0.105. The SMILES string of the molecule is CCOc1cc2c(cc1S(=O)(=O)N(C)C)C(=O)C1=C(Cc3cc(C#N)ccc31)C2(C)C. The summed E-state index contributed by atoms with van der Waals surface area (Å²) in [5, 5.41) is 9.25. The topological polar surface area (TPSA) is 87.5 Å². The highest BCUT2D eigenvalue weighted by atomic mass is 32.2. The molecule has 0 fully saturated rings. The molecule has 0 spiro atoms. The summed E-state index contributed by atoms with van der Waals surface area (Å²) in [6.45, 7) is 6.18. The normalized spacial score (nSPS) is 16.6. The minimum Gasteiger partial charge on any atom is -0.492 e. The molecule has 0 aromatic heterocycles. The van der Waals surface area contributed by atoms with Gasteiger partial charge in [0.1, 0.15) is 10.6 Å². The lowest BCUT2D eigenvalue weighted by Gasteiger charge is -2.35. The summed E-state index contributed by atoms with van der Waals surface area (Å²) in [5.74, 6) is 0.0631. The Morgan fingerprint density at radius 2 is 1.87 bits per heavy atom. The minimum atomic E-state index is -3.81. The number of allylic oxidation sites excluding steroid dienone is 2. The van der Waals surface area contributed by atoms with Crippen LogP contribution >= 0.6 is 0 Å². The second-order valence-electron chi connectivity index (χ2n) is 8.53. The van der Waals surface area contributed by atoms with E-state index in [1.807, 2.05) is 26.0 Å². The van der Waals surface area contributed by atoms with Crippen molar-refractivity contribution in [1.82, 2.24) is 4.31 Å². The molecule has 31 heavy (non-hydrogen) atoms. The van der Waals surface area contributed by atoms with E-state index in [4.69, 9.17) is 4.74 Å². The predicted molar refractivity (Wildman–Crippen MR) is 118 cm³/mol. The Bertz CT molecular complexity index is 1310. The van der Waals surface area contributed by atoms with E-state index >= 15 is 0 Å². The molecule has 0 heterocycles. The monoisotopic (exact) mass is 436 g/mol. The summed E-state index contributed by atoms with van der Waals surface area (Å²) in [6.07, 6.45) is 0.583. The van der Waals surface area contributed by atoms with Gasteiger partial charge in [0.25, 0.3) is 0 Å². The quantitative estimate of drug-likeness (QED) is 0.729. The molecule has 6 nitrogen and oxygen atoms in total. The third-order valence-electron chi connectivity index (χ3n) is 6.21. The van der Waals surface area contributed by atoms with Crippen LogP contribution in [0.2, 0.25) is 0 Å². The van der Waals surface area contributed by atoms with Gasteiger partial charge in [0, 0.05) is 30.6 Å². The average molecular weight is 437 g/mol. The van der Waals surface area contributed by atoms with Gasteiger partial charge in [-0.25, -0.2) is 12.7 Å². The first-order valence-corrected chi connectivity index (χ1v) is 11.5. The highest BCUT2D eigenvalue weighted by molar-refractivity contribution is 7.89. The lowest BCUT2D eigenvalue weighted by atomic mass is 9.68. The molecule has 0 amide bonds. The summed E-state index contributed by atoms with van der Waals surface area (Å²) < 4.78 is 32.8. The summed E-state index contributed by atoms with van der Waals surface area (Å²) >= 11 is 0. The van der Waals surface area contributed by atoms with Crippen LogP contribution in [-0.2, 0) is 21.9 Å². The number of hydrogen-bond acceptors (Lipinski definition) is 5. The minimum absolute atomic E-state index is 0.00986. The van der Waals surface area contributed by atoms with Gasteiger partial charge >= 0.3 is 0 Å². The molecule has 0 saturated carbocycles. The van der Waals surface area contributed by atoms with Crippen molar-refractivity contribution < 1.29 is 17.9 Å². The second-order valence-corrected chi connectivity index (χ2v) is 10.7. The fraction of sp³-hybridized carbons (Fsp3) is 0.333. The first kappa shape index (κ1) is 21.3. The molecule has 0 unspecified atom stereocenters. The number of nitrogens with zero attached hydrogens (tertiary/aromatic N) is 2. The number of sulfonamides is 1. The number of rotatable bonds is 4. The number of nitriles is 1. The van der Waals surface area contributed by atoms with E-state index in [9.17, 15) is 18.5 Å². The summed E-state index contributed by atoms with van der Waals surface area (Å²) in [4.78, 5) is 13.6. The maximum absolute atomic E-state index is 13.6. The molecular formula is C24H24N2O4S. The molecule has 4 rings (SSSR count). The Hall–Kier alpha value is -2.95. The van der Waals surface area contributed by atoms with Crippen LogP contribution in [0.4, 0.5) is 0 Å². The van der Waals surface area contributed by atoms with Crippen molar-refractivity contribution in [3.05, 3.63) is 63.7 Å². The zero-order valence-corrected chi connectivity index (χ0v) is 19.1. The maximum Gasteiger partial charge on any atom is 0.246 e. The fourth-order valence-corrected chi connectivity index (χ4v) is 5.55. The smallest absolute Gasteiger partial charge is 0.246 e. The van der Waals surface area contributed by atoms with E-state index in [2.05, 4.69) is 6.07 Å². The first-order chi connectivity index (χ1) is 14.5. The third kappa shape index (κ3) is 3.01. The fourth-order valence-electron chi connectivity index (χ4n) is 4.52. The molecule has 0 saturated heterocycles. The van der Waals surface area contributed by atoms with Crippen LogP contribution in [0.15, 0.2) is 40.8 Å². The van der Waals surface area contributed by atoms with E-state index in [0.717, 1.165) is 26.6 Å². The van der Waals surface area contributed by atoms with Crippen LogP contribution in [0.5, 0.6) is 5.75 Å². The molecule has 0 bridgehead atoms. The number of ether oxygens (including phenoxy) is 1. The summed E-state index contributed by atoms with van der Waals surface area (Å²) in [5.41, 5.74) is 4.56. The Labute approximate surface area is 182 Å². The van der Waals surface area contributed by atoms with Crippen molar-refractivity contribution >= 4 is 21.4 Å². The third-order valence-corrected chi connectivity index (χ3v) is 8.05. The van der Waals surface area contributed by atoms with Crippen molar-refractivity contribution in [2.45, 2.75) is 37.5 Å². The Balaban J connectivity index is 1.97. The van der Waals surface area contributed by atoms with Crippen molar-refractivity contribution in [3.8, 4) is 11.8 Å². The van der Waals surface area contributed by atoms with E-state index in [0.29, 0.717) is 29.7 Å². The first-order valence-electron chi connectivity index (χ1n) is 10.1. The van der Waals surface area contributed by atoms with Gasteiger partial charge in [0.2, 0.25) is 10.0 Å². The molecule has 0 aliphatic heterocycles. The molecule has 0 atom stereocenters. The van der Waals surface area contributed by atoms with E-state index in [1.54, 1.807) is 19.1 Å². The van der Waals surface area contributed by atoms with E-state index < -0.39 is 15.4 Å². The molecule has 2 aliphatic rings. The van der Waals surface area contributed by atoms with Crippen LogP contribution in [0.1, 0.15) is 53.4 Å². The Kier molecular flexibility index (Phi) is 4.84. The second kappa shape index (κ2) is 7.04. The van der Waals surface area contributed by atoms with E-state index in [-0.39, 0.29) is 16.4 Å². The van der Waals surface area contributed by atoms with Crippen LogP contribution < -0.4 is 4.74 Å². The van der Waals surface area contributed by atoms with Gasteiger partial charge in [-0.2, -0.15) is 5.26 Å². The molecule has 2 aromatic carbocycles.